The first-order chi connectivity index (χ1) is 13.7. The number of halogens is 1. The van der Waals surface area contributed by atoms with Gasteiger partial charge in [0.1, 0.15) is 19.0 Å². The maximum atomic E-state index is 12.4. The predicted molar refractivity (Wildman–Crippen MR) is 107 cm³/mol. The van der Waals surface area contributed by atoms with E-state index in [9.17, 15) is 4.79 Å². The molecule has 1 N–H and O–H groups in total. The number of aromatic amines is 1. The molecule has 7 heteroatoms. The van der Waals surface area contributed by atoms with Crippen molar-refractivity contribution in [1.82, 2.24) is 14.9 Å². The van der Waals surface area contributed by atoms with Gasteiger partial charge in [0.15, 0.2) is 11.5 Å². The topological polar surface area (TPSA) is 67.5 Å². The maximum Gasteiger partial charge on any atom is 0.258 e. The molecule has 28 heavy (non-hydrogen) atoms. The lowest BCUT2D eigenvalue weighted by molar-refractivity contribution is 0.170. The minimum Gasteiger partial charge on any atom is -0.486 e. The fourth-order valence-electron chi connectivity index (χ4n) is 4.09. The fraction of sp³-hybridized carbons (Fsp3) is 0.333. The molecule has 0 amide bonds. The van der Waals surface area contributed by atoms with Gasteiger partial charge >= 0.3 is 0 Å². The third kappa shape index (κ3) is 3.23. The summed E-state index contributed by atoms with van der Waals surface area (Å²) in [5, 5.41) is 1.05. The van der Waals surface area contributed by atoms with Crippen LogP contribution in [0.4, 0.5) is 0 Å². The van der Waals surface area contributed by atoms with Gasteiger partial charge in [0.25, 0.3) is 5.56 Å². The molecule has 0 unspecified atom stereocenters. The lowest BCUT2D eigenvalue weighted by atomic mass is 10.0. The minimum atomic E-state index is -0.155. The Labute approximate surface area is 167 Å². The minimum absolute atomic E-state index is 0.155. The van der Waals surface area contributed by atoms with Crippen molar-refractivity contribution >= 4 is 22.5 Å². The number of H-pyrrole nitrogens is 1. The summed E-state index contributed by atoms with van der Waals surface area (Å²) in [4.78, 5) is 22.3. The molecule has 2 aliphatic rings. The Hall–Kier alpha value is -2.57. The number of likely N-dealkylation sites (tertiary alicyclic amines) is 1. The number of hydrogen-bond donors (Lipinski definition) is 1. The second-order valence-corrected chi connectivity index (χ2v) is 7.64. The van der Waals surface area contributed by atoms with E-state index >= 15 is 0 Å². The molecule has 3 heterocycles. The molecule has 0 spiro atoms. The fourth-order valence-corrected chi connectivity index (χ4v) is 4.26. The van der Waals surface area contributed by atoms with E-state index in [1.165, 1.54) is 5.56 Å². The van der Waals surface area contributed by atoms with Gasteiger partial charge in [-0.2, -0.15) is 0 Å². The van der Waals surface area contributed by atoms with E-state index in [0.717, 1.165) is 30.9 Å². The summed E-state index contributed by atoms with van der Waals surface area (Å²) >= 11 is 6.00. The summed E-state index contributed by atoms with van der Waals surface area (Å²) < 4.78 is 11.4. The van der Waals surface area contributed by atoms with E-state index in [1.807, 2.05) is 6.07 Å². The lowest BCUT2D eigenvalue weighted by Crippen LogP contribution is -2.26. The first-order valence-corrected chi connectivity index (χ1v) is 9.87. The van der Waals surface area contributed by atoms with Gasteiger partial charge < -0.3 is 14.5 Å². The first-order valence-electron chi connectivity index (χ1n) is 9.49. The smallest absolute Gasteiger partial charge is 0.258 e. The molecule has 2 aromatic carbocycles. The Morgan fingerprint density at radius 3 is 2.89 bits per heavy atom. The number of fused-ring (bicyclic) bond motifs is 2. The van der Waals surface area contributed by atoms with Crippen LogP contribution in [0.3, 0.4) is 0 Å². The van der Waals surface area contributed by atoms with Crippen molar-refractivity contribution in [2.24, 2.45) is 0 Å². The van der Waals surface area contributed by atoms with Gasteiger partial charge in [0.05, 0.1) is 17.4 Å². The van der Waals surface area contributed by atoms with Crippen LogP contribution in [0, 0.1) is 0 Å². The molecule has 0 saturated carbocycles. The number of rotatable bonds is 3. The van der Waals surface area contributed by atoms with Gasteiger partial charge in [-0.15, -0.1) is 0 Å². The molecule has 0 bridgehead atoms. The Morgan fingerprint density at radius 2 is 2.00 bits per heavy atom. The number of ether oxygens (including phenoxy) is 2. The summed E-state index contributed by atoms with van der Waals surface area (Å²) in [7, 11) is 0. The van der Waals surface area contributed by atoms with Gasteiger partial charge in [-0.1, -0.05) is 17.7 Å². The standard InChI is InChI=1S/C21H20ClN3O3/c22-14-4-5-16-15(11-14)21(26)24-20(23-16)12-25-7-1-2-17(25)13-3-6-18-19(10-13)28-9-8-27-18/h3-6,10-11,17H,1-2,7-9,12H2,(H,23,24,26)/t17-/m0/s1. The van der Waals surface area contributed by atoms with E-state index in [-0.39, 0.29) is 11.6 Å². The summed E-state index contributed by atoms with van der Waals surface area (Å²) in [5.41, 5.74) is 1.72. The SMILES string of the molecule is O=c1[nH]c(CN2CCC[C@H]2c2ccc3c(c2)OCCO3)nc2ccc(Cl)cc12. The zero-order valence-electron chi connectivity index (χ0n) is 15.3. The molecular weight excluding hydrogens is 378 g/mol. The molecule has 5 rings (SSSR count). The average Bonchev–Trinajstić information content (AvgIpc) is 3.16. The molecule has 6 nitrogen and oxygen atoms in total. The molecule has 3 aromatic rings. The monoisotopic (exact) mass is 397 g/mol. The van der Waals surface area contributed by atoms with Crippen LogP contribution in [0.5, 0.6) is 11.5 Å². The molecule has 1 atom stereocenters. The number of hydrogen-bond acceptors (Lipinski definition) is 5. The highest BCUT2D eigenvalue weighted by Gasteiger charge is 2.28. The molecule has 0 aliphatic carbocycles. The van der Waals surface area contributed by atoms with Crippen LogP contribution in [0.1, 0.15) is 30.3 Å². The highest BCUT2D eigenvalue weighted by atomic mass is 35.5. The van der Waals surface area contributed by atoms with Crippen LogP contribution in [-0.2, 0) is 6.54 Å². The summed E-state index contributed by atoms with van der Waals surface area (Å²) in [5.74, 6) is 2.28. The number of nitrogens with zero attached hydrogens (tertiary/aromatic N) is 2. The molecular formula is C21H20ClN3O3. The van der Waals surface area contributed by atoms with Crippen molar-refractivity contribution in [3.8, 4) is 11.5 Å². The summed E-state index contributed by atoms with van der Waals surface area (Å²) in [6, 6.07) is 11.6. The average molecular weight is 398 g/mol. The van der Waals surface area contributed by atoms with Crippen molar-refractivity contribution in [3.63, 3.8) is 0 Å². The van der Waals surface area contributed by atoms with Gasteiger partial charge in [-0.25, -0.2) is 4.98 Å². The van der Waals surface area contributed by atoms with E-state index in [4.69, 9.17) is 21.1 Å². The Bertz CT molecular complexity index is 1100. The van der Waals surface area contributed by atoms with Gasteiger partial charge in [-0.3, -0.25) is 9.69 Å². The van der Waals surface area contributed by atoms with Gasteiger partial charge in [-0.05, 0) is 55.3 Å². The second kappa shape index (κ2) is 7.11. The second-order valence-electron chi connectivity index (χ2n) is 7.21. The van der Waals surface area contributed by atoms with Crippen LogP contribution in [0.15, 0.2) is 41.2 Å². The van der Waals surface area contributed by atoms with Crippen LogP contribution in [0.25, 0.3) is 10.9 Å². The number of benzene rings is 2. The highest BCUT2D eigenvalue weighted by molar-refractivity contribution is 6.31. The molecule has 0 radical (unpaired) electrons. The van der Waals surface area contributed by atoms with E-state index in [2.05, 4.69) is 27.0 Å². The molecule has 1 aromatic heterocycles. The molecule has 144 valence electrons. The highest BCUT2D eigenvalue weighted by Crippen LogP contribution is 2.38. The summed E-state index contributed by atoms with van der Waals surface area (Å²) in [6.07, 6.45) is 2.17. The lowest BCUT2D eigenvalue weighted by Gasteiger charge is -2.26. The Kier molecular flexibility index (Phi) is 4.45. The number of nitrogens with one attached hydrogen (secondary N) is 1. The first kappa shape index (κ1) is 17.5. The van der Waals surface area contributed by atoms with Gasteiger partial charge in [0.2, 0.25) is 0 Å². The van der Waals surface area contributed by atoms with Crippen LogP contribution >= 0.6 is 11.6 Å². The third-order valence-corrected chi connectivity index (χ3v) is 5.62. The van der Waals surface area contributed by atoms with Crippen molar-refractivity contribution in [2.45, 2.75) is 25.4 Å². The van der Waals surface area contributed by atoms with Crippen LogP contribution in [-0.4, -0.2) is 34.6 Å². The van der Waals surface area contributed by atoms with Crippen molar-refractivity contribution in [2.75, 3.05) is 19.8 Å². The zero-order valence-corrected chi connectivity index (χ0v) is 16.0. The van der Waals surface area contributed by atoms with E-state index in [1.54, 1.807) is 18.2 Å². The molecule has 1 saturated heterocycles. The van der Waals surface area contributed by atoms with Crippen molar-refractivity contribution in [3.05, 3.63) is 63.2 Å². The zero-order chi connectivity index (χ0) is 19.1. The molecule has 2 aliphatic heterocycles. The largest absolute Gasteiger partial charge is 0.486 e. The van der Waals surface area contributed by atoms with Gasteiger partial charge in [0, 0.05) is 11.1 Å². The number of aromatic nitrogens is 2. The predicted octanol–water partition coefficient (Wildman–Crippen LogP) is 3.68. The van der Waals surface area contributed by atoms with E-state index < -0.39 is 0 Å². The van der Waals surface area contributed by atoms with Crippen LogP contribution < -0.4 is 15.0 Å². The Balaban J connectivity index is 1.42. The van der Waals surface area contributed by atoms with Crippen molar-refractivity contribution < 1.29 is 9.47 Å². The Morgan fingerprint density at radius 1 is 1.14 bits per heavy atom. The quantitative estimate of drug-likeness (QED) is 0.730. The maximum absolute atomic E-state index is 12.4. The van der Waals surface area contributed by atoms with E-state index in [0.29, 0.717) is 41.5 Å². The normalized spacial score (nSPS) is 19.2. The third-order valence-electron chi connectivity index (χ3n) is 5.38. The summed E-state index contributed by atoms with van der Waals surface area (Å²) in [6.45, 7) is 2.72. The van der Waals surface area contributed by atoms with Crippen LogP contribution in [0.2, 0.25) is 5.02 Å². The molecule has 1 fully saturated rings. The van der Waals surface area contributed by atoms with Crippen molar-refractivity contribution in [1.29, 1.82) is 0 Å².